The number of carbonyl (C=O) groups is 2. The number of ether oxygens (including phenoxy) is 2. The minimum absolute atomic E-state index is 0.380. The second-order valence-electron chi connectivity index (χ2n) is 5.54. The Kier molecular flexibility index (Phi) is 6.34. The minimum Gasteiger partial charge on any atom is -0.497 e. The molecule has 0 saturated carbocycles. The Labute approximate surface area is 147 Å². The van der Waals surface area contributed by atoms with Gasteiger partial charge < -0.3 is 14.8 Å². The van der Waals surface area contributed by atoms with Gasteiger partial charge in [0.1, 0.15) is 5.75 Å². The summed E-state index contributed by atoms with van der Waals surface area (Å²) in [7, 11) is 1.59. The Morgan fingerprint density at radius 3 is 2.28 bits per heavy atom. The summed E-state index contributed by atoms with van der Waals surface area (Å²) < 4.78 is 10.2. The summed E-state index contributed by atoms with van der Waals surface area (Å²) >= 11 is 0. The molecule has 0 saturated heterocycles. The monoisotopic (exact) mass is 339 g/mol. The molecule has 0 aliphatic carbocycles. The Bertz CT molecular complexity index is 748. The van der Waals surface area contributed by atoms with Crippen molar-refractivity contribution in [2.75, 3.05) is 12.4 Å². The summed E-state index contributed by atoms with van der Waals surface area (Å²) in [5.41, 5.74) is 2.59. The molecule has 5 nitrogen and oxygen atoms in total. The number of hydrogen-bond acceptors (Lipinski definition) is 4. The van der Waals surface area contributed by atoms with Gasteiger partial charge in [0.2, 0.25) is 0 Å². The van der Waals surface area contributed by atoms with Crippen LogP contribution in [0.4, 0.5) is 5.69 Å². The van der Waals surface area contributed by atoms with Crippen LogP contribution in [0, 0.1) is 6.92 Å². The molecule has 1 N–H and O–H groups in total. The maximum atomic E-state index is 12.1. The van der Waals surface area contributed by atoms with Crippen molar-refractivity contribution in [1.82, 2.24) is 0 Å². The van der Waals surface area contributed by atoms with Gasteiger partial charge in [0.25, 0.3) is 5.91 Å². The summed E-state index contributed by atoms with van der Waals surface area (Å²) in [6, 6.07) is 14.6. The molecule has 25 heavy (non-hydrogen) atoms. The molecule has 0 heterocycles. The fourth-order valence-corrected chi connectivity index (χ4v) is 2.03. The van der Waals surface area contributed by atoms with Crippen LogP contribution < -0.4 is 10.1 Å². The van der Waals surface area contributed by atoms with E-state index in [1.165, 1.54) is 13.0 Å². The Morgan fingerprint density at radius 2 is 1.68 bits per heavy atom. The molecular formula is C20H21NO4. The van der Waals surface area contributed by atoms with Gasteiger partial charge in [-0.2, -0.15) is 0 Å². The van der Waals surface area contributed by atoms with E-state index in [0.717, 1.165) is 16.9 Å². The molecule has 0 aromatic heterocycles. The molecule has 0 bridgehead atoms. The normalized spacial score (nSPS) is 11.8. The molecule has 2 rings (SSSR count). The zero-order valence-corrected chi connectivity index (χ0v) is 14.5. The maximum Gasteiger partial charge on any atom is 0.331 e. The van der Waals surface area contributed by atoms with Crippen molar-refractivity contribution in [3.8, 4) is 5.75 Å². The van der Waals surface area contributed by atoms with Crippen LogP contribution in [0.3, 0.4) is 0 Å². The van der Waals surface area contributed by atoms with Gasteiger partial charge >= 0.3 is 5.97 Å². The smallest absolute Gasteiger partial charge is 0.331 e. The summed E-state index contributed by atoms with van der Waals surface area (Å²) in [4.78, 5) is 23.9. The van der Waals surface area contributed by atoms with Crippen LogP contribution in [0.1, 0.15) is 18.1 Å². The van der Waals surface area contributed by atoms with Crippen LogP contribution in [-0.2, 0) is 14.3 Å². The zero-order valence-electron chi connectivity index (χ0n) is 14.5. The molecule has 0 aliphatic rings. The van der Waals surface area contributed by atoms with Crippen molar-refractivity contribution in [3.63, 3.8) is 0 Å². The minimum atomic E-state index is -0.894. The number of esters is 1. The summed E-state index contributed by atoms with van der Waals surface area (Å²) in [5.74, 6) is -0.224. The lowest BCUT2D eigenvalue weighted by molar-refractivity contribution is -0.148. The van der Waals surface area contributed by atoms with Gasteiger partial charge in [-0.3, -0.25) is 4.79 Å². The second kappa shape index (κ2) is 8.68. The first-order valence-electron chi connectivity index (χ1n) is 7.88. The van der Waals surface area contributed by atoms with Crippen LogP contribution >= 0.6 is 0 Å². The maximum absolute atomic E-state index is 12.1. The van der Waals surface area contributed by atoms with E-state index in [2.05, 4.69) is 5.32 Å². The Balaban J connectivity index is 1.86. The standard InChI is InChI=1S/C20H21NO4/c1-14-4-9-17(10-5-14)21-20(23)15(2)25-19(22)13-8-16-6-11-18(24-3)12-7-16/h4-13,15H,1-3H3,(H,21,23). The van der Waals surface area contributed by atoms with E-state index in [9.17, 15) is 9.59 Å². The summed E-state index contributed by atoms with van der Waals surface area (Å²) in [6.07, 6.45) is 2.01. The van der Waals surface area contributed by atoms with Crippen molar-refractivity contribution in [2.24, 2.45) is 0 Å². The first-order valence-corrected chi connectivity index (χ1v) is 7.88. The van der Waals surface area contributed by atoms with Crippen LogP contribution in [0.2, 0.25) is 0 Å². The van der Waals surface area contributed by atoms with Crippen molar-refractivity contribution >= 4 is 23.6 Å². The molecule has 0 radical (unpaired) electrons. The lowest BCUT2D eigenvalue weighted by Gasteiger charge is -2.12. The van der Waals surface area contributed by atoms with Crippen LogP contribution in [0.25, 0.3) is 6.08 Å². The number of hydrogen-bond donors (Lipinski definition) is 1. The van der Waals surface area contributed by atoms with E-state index in [0.29, 0.717) is 5.69 Å². The topological polar surface area (TPSA) is 64.6 Å². The van der Waals surface area contributed by atoms with Crippen LogP contribution in [0.15, 0.2) is 54.6 Å². The number of benzene rings is 2. The number of aryl methyl sites for hydroxylation is 1. The first kappa shape index (κ1) is 18.3. The van der Waals surface area contributed by atoms with Gasteiger partial charge in [0, 0.05) is 11.8 Å². The number of methoxy groups -OCH3 is 1. The number of rotatable bonds is 6. The fraction of sp³-hybridized carbons (Fsp3) is 0.200. The van der Waals surface area contributed by atoms with E-state index < -0.39 is 12.1 Å². The molecule has 1 atom stereocenters. The average Bonchev–Trinajstić information content (AvgIpc) is 2.62. The number of anilines is 1. The molecule has 130 valence electrons. The molecular weight excluding hydrogens is 318 g/mol. The van der Waals surface area contributed by atoms with E-state index in [1.807, 2.05) is 31.2 Å². The molecule has 0 fully saturated rings. The summed E-state index contributed by atoms with van der Waals surface area (Å²) in [5, 5.41) is 2.71. The molecule has 1 unspecified atom stereocenters. The third kappa shape index (κ3) is 5.80. The number of carbonyl (C=O) groups excluding carboxylic acids is 2. The predicted octanol–water partition coefficient (Wildman–Crippen LogP) is 3.59. The van der Waals surface area contributed by atoms with Crippen molar-refractivity contribution in [2.45, 2.75) is 20.0 Å². The van der Waals surface area contributed by atoms with E-state index >= 15 is 0 Å². The molecule has 0 aliphatic heterocycles. The number of amides is 1. The summed E-state index contributed by atoms with van der Waals surface area (Å²) in [6.45, 7) is 3.49. The van der Waals surface area contributed by atoms with Crippen LogP contribution in [0.5, 0.6) is 5.75 Å². The average molecular weight is 339 g/mol. The van der Waals surface area contributed by atoms with Crippen molar-refractivity contribution < 1.29 is 19.1 Å². The SMILES string of the molecule is COc1ccc(C=CC(=O)OC(C)C(=O)Nc2ccc(C)cc2)cc1. The van der Waals surface area contributed by atoms with Crippen molar-refractivity contribution in [1.29, 1.82) is 0 Å². The highest BCUT2D eigenvalue weighted by Crippen LogP contribution is 2.13. The van der Waals surface area contributed by atoms with Crippen LogP contribution in [-0.4, -0.2) is 25.1 Å². The molecule has 0 spiro atoms. The van der Waals surface area contributed by atoms with E-state index in [4.69, 9.17) is 9.47 Å². The van der Waals surface area contributed by atoms with Gasteiger partial charge in [0.15, 0.2) is 6.10 Å². The third-order valence-electron chi connectivity index (χ3n) is 3.51. The second-order valence-corrected chi connectivity index (χ2v) is 5.54. The van der Waals surface area contributed by atoms with Gasteiger partial charge in [-0.15, -0.1) is 0 Å². The lowest BCUT2D eigenvalue weighted by atomic mass is 10.2. The first-order chi connectivity index (χ1) is 12.0. The molecule has 2 aromatic carbocycles. The molecule has 5 heteroatoms. The molecule has 2 aromatic rings. The third-order valence-corrected chi connectivity index (χ3v) is 3.51. The largest absolute Gasteiger partial charge is 0.497 e. The van der Waals surface area contributed by atoms with Gasteiger partial charge in [-0.05, 0) is 49.8 Å². The predicted molar refractivity (Wildman–Crippen MR) is 97.4 cm³/mol. The van der Waals surface area contributed by atoms with Gasteiger partial charge in [-0.1, -0.05) is 29.8 Å². The zero-order chi connectivity index (χ0) is 18.2. The molecule has 1 amide bonds. The fourth-order valence-electron chi connectivity index (χ4n) is 2.03. The van der Waals surface area contributed by atoms with E-state index in [-0.39, 0.29) is 5.91 Å². The highest BCUT2D eigenvalue weighted by molar-refractivity contribution is 5.96. The highest BCUT2D eigenvalue weighted by atomic mass is 16.5. The van der Waals surface area contributed by atoms with E-state index in [1.54, 1.807) is 37.5 Å². The van der Waals surface area contributed by atoms with Gasteiger partial charge in [0.05, 0.1) is 7.11 Å². The van der Waals surface area contributed by atoms with Crippen molar-refractivity contribution in [3.05, 3.63) is 65.7 Å². The number of nitrogens with one attached hydrogen (secondary N) is 1. The lowest BCUT2D eigenvalue weighted by Crippen LogP contribution is -2.29. The highest BCUT2D eigenvalue weighted by Gasteiger charge is 2.16. The Hall–Kier alpha value is -3.08. The van der Waals surface area contributed by atoms with Gasteiger partial charge in [-0.25, -0.2) is 4.79 Å². The quantitative estimate of drug-likeness (QED) is 0.645. The Morgan fingerprint density at radius 1 is 1.04 bits per heavy atom.